The summed E-state index contributed by atoms with van der Waals surface area (Å²) in [5.74, 6) is 0.0458. The van der Waals surface area contributed by atoms with Crippen LogP contribution in [0.3, 0.4) is 0 Å². The van der Waals surface area contributed by atoms with Crippen molar-refractivity contribution >= 4 is 51.7 Å². The normalized spacial score (nSPS) is 20.6. The quantitative estimate of drug-likeness (QED) is 0.638. The van der Waals surface area contributed by atoms with Crippen molar-refractivity contribution < 1.29 is 9.59 Å². The molecule has 2 atom stereocenters. The van der Waals surface area contributed by atoms with Gasteiger partial charge in [0, 0.05) is 17.3 Å². The second-order valence-corrected chi connectivity index (χ2v) is 9.13. The van der Waals surface area contributed by atoms with E-state index in [1.54, 1.807) is 29.2 Å². The zero-order chi connectivity index (χ0) is 22.0. The molecule has 0 saturated carbocycles. The Morgan fingerprint density at radius 3 is 2.61 bits per heavy atom. The molecule has 0 aliphatic carbocycles. The average molecular weight is 458 g/mol. The van der Waals surface area contributed by atoms with Crippen molar-refractivity contribution in [3.05, 3.63) is 59.1 Å². The van der Waals surface area contributed by atoms with Crippen LogP contribution in [-0.2, 0) is 9.59 Å². The Labute approximate surface area is 190 Å². The zero-order valence-electron chi connectivity index (χ0n) is 17.3. The van der Waals surface area contributed by atoms with Crippen LogP contribution < -0.4 is 21.1 Å². The minimum atomic E-state index is -0.342. The minimum Gasteiger partial charge on any atom is -0.325 e. The lowest BCUT2D eigenvalue weighted by Crippen LogP contribution is -2.49. The highest BCUT2D eigenvalue weighted by molar-refractivity contribution is 8.14. The molecule has 0 bridgehead atoms. The number of hydrogen-bond donors (Lipinski definition) is 3. The van der Waals surface area contributed by atoms with Crippen LogP contribution in [0.4, 0.5) is 11.4 Å². The van der Waals surface area contributed by atoms with Gasteiger partial charge in [0.05, 0.1) is 17.4 Å². The van der Waals surface area contributed by atoms with E-state index in [0.717, 1.165) is 5.69 Å². The molecule has 31 heavy (non-hydrogen) atoms. The molecule has 2 aliphatic rings. The maximum Gasteiger partial charge on any atom is 0.241 e. The van der Waals surface area contributed by atoms with Gasteiger partial charge in [0.25, 0.3) is 0 Å². The number of halogens is 1. The van der Waals surface area contributed by atoms with E-state index in [-0.39, 0.29) is 29.7 Å². The largest absolute Gasteiger partial charge is 0.325 e. The predicted molar refractivity (Wildman–Crippen MR) is 126 cm³/mol. The maximum absolute atomic E-state index is 13.1. The highest BCUT2D eigenvalue weighted by Gasteiger charge is 2.42. The Morgan fingerprint density at radius 1 is 1.23 bits per heavy atom. The highest BCUT2D eigenvalue weighted by atomic mass is 35.5. The molecule has 0 aromatic heterocycles. The van der Waals surface area contributed by atoms with E-state index < -0.39 is 0 Å². The number of aliphatic imine (C=N–C) groups is 1. The summed E-state index contributed by atoms with van der Waals surface area (Å²) in [6, 6.07) is 14.9. The Kier molecular flexibility index (Phi) is 6.62. The minimum absolute atomic E-state index is 0.0630. The first-order chi connectivity index (χ1) is 14.9. The molecule has 2 aromatic rings. The number of nitrogens with one attached hydrogen (secondary N) is 3. The molecule has 4 rings (SSSR count). The third-order valence-corrected chi connectivity index (χ3v) is 6.41. The maximum atomic E-state index is 13.1. The second kappa shape index (κ2) is 9.40. The standard InChI is InChI=1S/C22H24ClN5O2S/c1-13(2)14-3-7-16(8-4-14)25-19(29)12-31-22-26-20-18(11-24-27-20)21(30)28(22)17-9-5-15(23)6-10-17/h3-10,13,18,20,24,27H,11-12H2,1-2H3,(H,25,29). The van der Waals surface area contributed by atoms with Crippen LogP contribution in [0.25, 0.3) is 0 Å². The van der Waals surface area contributed by atoms with Crippen molar-refractivity contribution in [2.24, 2.45) is 10.9 Å². The number of rotatable bonds is 5. The van der Waals surface area contributed by atoms with Crippen LogP contribution in [0.1, 0.15) is 25.3 Å². The number of carbonyl (C=O) groups excluding carboxylic acids is 2. The number of hydrazine groups is 1. The van der Waals surface area contributed by atoms with Crippen LogP contribution in [0.15, 0.2) is 53.5 Å². The molecule has 2 amide bonds. The van der Waals surface area contributed by atoms with Crippen molar-refractivity contribution in [3.8, 4) is 0 Å². The summed E-state index contributed by atoms with van der Waals surface area (Å²) < 4.78 is 0. The lowest BCUT2D eigenvalue weighted by atomic mass is 10.0. The molecule has 1 saturated heterocycles. The number of nitrogens with zero attached hydrogens (tertiary/aromatic N) is 2. The molecular weight excluding hydrogens is 434 g/mol. The summed E-state index contributed by atoms with van der Waals surface area (Å²) in [5.41, 5.74) is 8.65. The molecule has 2 aliphatic heterocycles. The van der Waals surface area contributed by atoms with Crippen LogP contribution in [-0.4, -0.2) is 35.4 Å². The summed E-state index contributed by atoms with van der Waals surface area (Å²) in [7, 11) is 0. The first-order valence-electron chi connectivity index (χ1n) is 10.1. The topological polar surface area (TPSA) is 85.8 Å². The van der Waals surface area contributed by atoms with Gasteiger partial charge in [-0.25, -0.2) is 10.4 Å². The van der Waals surface area contributed by atoms with Crippen molar-refractivity contribution in [3.63, 3.8) is 0 Å². The zero-order valence-corrected chi connectivity index (χ0v) is 18.8. The van der Waals surface area contributed by atoms with Gasteiger partial charge in [-0.1, -0.05) is 49.3 Å². The van der Waals surface area contributed by atoms with Crippen molar-refractivity contribution in [1.29, 1.82) is 0 Å². The van der Waals surface area contributed by atoms with Gasteiger partial charge < -0.3 is 5.32 Å². The Balaban J connectivity index is 1.47. The van der Waals surface area contributed by atoms with Gasteiger partial charge >= 0.3 is 0 Å². The third-order valence-electron chi connectivity index (χ3n) is 5.21. The summed E-state index contributed by atoms with van der Waals surface area (Å²) in [5, 5.41) is 3.97. The van der Waals surface area contributed by atoms with Gasteiger partial charge in [0.2, 0.25) is 11.8 Å². The van der Waals surface area contributed by atoms with Gasteiger partial charge in [0.1, 0.15) is 6.17 Å². The highest BCUT2D eigenvalue weighted by Crippen LogP contribution is 2.30. The first-order valence-corrected chi connectivity index (χ1v) is 11.5. The fourth-order valence-electron chi connectivity index (χ4n) is 3.48. The summed E-state index contributed by atoms with van der Waals surface area (Å²) in [6.07, 6.45) is -0.342. The Morgan fingerprint density at radius 2 is 1.94 bits per heavy atom. The Bertz CT molecular complexity index is 994. The lowest BCUT2D eigenvalue weighted by Gasteiger charge is -2.32. The number of amidine groups is 1. The average Bonchev–Trinajstić information content (AvgIpc) is 3.23. The van der Waals surface area contributed by atoms with Crippen molar-refractivity contribution in [2.45, 2.75) is 25.9 Å². The molecule has 0 radical (unpaired) electrons. The Hall–Kier alpha value is -2.39. The number of fused-ring (bicyclic) bond motifs is 1. The van der Waals surface area contributed by atoms with Gasteiger partial charge in [-0.2, -0.15) is 0 Å². The van der Waals surface area contributed by atoms with E-state index in [4.69, 9.17) is 11.6 Å². The molecular formula is C22H24ClN5O2S. The molecule has 9 heteroatoms. The van der Waals surface area contributed by atoms with Gasteiger partial charge in [-0.3, -0.25) is 19.9 Å². The molecule has 0 spiro atoms. The van der Waals surface area contributed by atoms with E-state index >= 15 is 0 Å². The molecule has 2 unspecified atom stereocenters. The first kappa shape index (κ1) is 21.8. The molecule has 1 fully saturated rings. The molecule has 2 heterocycles. The fourth-order valence-corrected chi connectivity index (χ4v) is 4.45. The van der Waals surface area contributed by atoms with Crippen LogP contribution >= 0.6 is 23.4 Å². The van der Waals surface area contributed by atoms with E-state index in [0.29, 0.717) is 28.3 Å². The number of hydrogen-bond acceptors (Lipinski definition) is 6. The van der Waals surface area contributed by atoms with E-state index in [1.807, 2.05) is 24.3 Å². The summed E-state index contributed by atoms with van der Waals surface area (Å²) in [4.78, 5) is 31.9. The SMILES string of the molecule is CC(C)c1ccc(NC(=O)CSC2=NC3NNCC3C(=O)N2c2ccc(Cl)cc2)cc1. The van der Waals surface area contributed by atoms with Crippen LogP contribution in [0.5, 0.6) is 0 Å². The van der Waals surface area contributed by atoms with E-state index in [9.17, 15) is 9.59 Å². The van der Waals surface area contributed by atoms with Crippen LogP contribution in [0, 0.1) is 5.92 Å². The van der Waals surface area contributed by atoms with Crippen molar-refractivity contribution in [2.75, 3.05) is 22.5 Å². The predicted octanol–water partition coefficient (Wildman–Crippen LogP) is 3.59. The summed E-state index contributed by atoms with van der Waals surface area (Å²) >= 11 is 7.24. The molecule has 162 valence electrons. The molecule has 2 aromatic carbocycles. The van der Waals surface area contributed by atoms with E-state index in [1.165, 1.54) is 17.3 Å². The fraction of sp³-hybridized carbons (Fsp3) is 0.318. The van der Waals surface area contributed by atoms with Crippen molar-refractivity contribution in [1.82, 2.24) is 10.9 Å². The molecule has 7 nitrogen and oxygen atoms in total. The van der Waals surface area contributed by atoms with Crippen LogP contribution in [0.2, 0.25) is 5.02 Å². The number of carbonyl (C=O) groups is 2. The second-order valence-electron chi connectivity index (χ2n) is 7.75. The number of amides is 2. The van der Waals surface area contributed by atoms with E-state index in [2.05, 4.69) is 35.0 Å². The van der Waals surface area contributed by atoms with Gasteiger partial charge in [0.15, 0.2) is 5.17 Å². The molecule has 3 N–H and O–H groups in total. The lowest BCUT2D eigenvalue weighted by molar-refractivity contribution is -0.121. The number of benzene rings is 2. The number of thioether (sulfide) groups is 1. The number of anilines is 2. The van der Waals surface area contributed by atoms with Gasteiger partial charge in [-0.05, 0) is 47.9 Å². The third kappa shape index (κ3) is 4.93. The van der Waals surface area contributed by atoms with Gasteiger partial charge in [-0.15, -0.1) is 0 Å². The smallest absolute Gasteiger partial charge is 0.241 e. The summed E-state index contributed by atoms with van der Waals surface area (Å²) in [6.45, 7) is 4.76. The monoisotopic (exact) mass is 457 g/mol.